The number of aromatic nitrogens is 2. The molecule has 0 atom stereocenters. The molecule has 2 heterocycles. The molecule has 1 aliphatic rings. The molecule has 31 heavy (non-hydrogen) atoms. The topological polar surface area (TPSA) is 80.9 Å². The number of methoxy groups -OCH3 is 2. The van der Waals surface area contributed by atoms with E-state index in [-0.39, 0.29) is 5.91 Å². The molecule has 1 saturated heterocycles. The lowest BCUT2D eigenvalue weighted by Crippen LogP contribution is -2.48. The summed E-state index contributed by atoms with van der Waals surface area (Å²) < 4.78 is 15.8. The van der Waals surface area contributed by atoms with Crippen LogP contribution in [0.3, 0.4) is 0 Å². The largest absolute Gasteiger partial charge is 0.497 e. The monoisotopic (exact) mass is 422 g/mol. The Morgan fingerprint density at radius 3 is 2.16 bits per heavy atom. The molecule has 0 spiro atoms. The first kappa shape index (κ1) is 20.9. The van der Waals surface area contributed by atoms with Gasteiger partial charge in [-0.15, -0.1) is 0 Å². The highest BCUT2D eigenvalue weighted by atomic mass is 16.5. The number of hydrogen-bond acceptors (Lipinski definition) is 7. The Balaban J connectivity index is 1.27. The summed E-state index contributed by atoms with van der Waals surface area (Å²) in [6.45, 7) is 3.50. The van der Waals surface area contributed by atoms with Crippen LogP contribution in [0.4, 0.5) is 0 Å². The van der Waals surface area contributed by atoms with Crippen LogP contribution in [0.2, 0.25) is 0 Å². The third-order valence-corrected chi connectivity index (χ3v) is 5.41. The van der Waals surface area contributed by atoms with Crippen LogP contribution in [-0.4, -0.2) is 66.2 Å². The third kappa shape index (κ3) is 5.21. The van der Waals surface area contributed by atoms with Gasteiger partial charge in [0.05, 0.1) is 27.2 Å². The number of amides is 1. The highest BCUT2D eigenvalue weighted by molar-refractivity contribution is 5.79. The summed E-state index contributed by atoms with van der Waals surface area (Å²) in [5.74, 6) is 2.85. The Hall–Kier alpha value is -3.39. The van der Waals surface area contributed by atoms with E-state index in [0.29, 0.717) is 37.8 Å². The van der Waals surface area contributed by atoms with E-state index in [9.17, 15) is 4.79 Å². The lowest BCUT2D eigenvalue weighted by atomic mass is 10.1. The van der Waals surface area contributed by atoms with E-state index >= 15 is 0 Å². The smallest absolute Gasteiger partial charge is 0.241 e. The fraction of sp³-hybridized carbons (Fsp3) is 0.348. The fourth-order valence-corrected chi connectivity index (χ4v) is 3.55. The second-order valence-corrected chi connectivity index (χ2v) is 7.42. The minimum atomic E-state index is 0.143. The molecule has 1 fully saturated rings. The second-order valence-electron chi connectivity index (χ2n) is 7.42. The summed E-state index contributed by atoms with van der Waals surface area (Å²) >= 11 is 0. The Labute approximate surface area is 181 Å². The lowest BCUT2D eigenvalue weighted by Gasteiger charge is -2.34. The molecule has 0 aliphatic carbocycles. The van der Waals surface area contributed by atoms with Crippen LogP contribution in [0.15, 0.2) is 53.1 Å². The van der Waals surface area contributed by atoms with E-state index in [4.69, 9.17) is 14.0 Å². The maximum absolute atomic E-state index is 12.6. The molecule has 8 heteroatoms. The van der Waals surface area contributed by atoms with Crippen LogP contribution in [-0.2, 0) is 17.8 Å². The third-order valence-electron chi connectivity index (χ3n) is 5.41. The Morgan fingerprint density at radius 1 is 0.935 bits per heavy atom. The molecule has 0 bridgehead atoms. The quantitative estimate of drug-likeness (QED) is 0.579. The molecule has 0 N–H and O–H groups in total. The summed E-state index contributed by atoms with van der Waals surface area (Å²) in [5, 5.41) is 4.08. The number of carbonyl (C=O) groups excluding carboxylic acids is 1. The zero-order valence-electron chi connectivity index (χ0n) is 17.8. The minimum Gasteiger partial charge on any atom is -0.497 e. The predicted octanol–water partition coefficient (Wildman–Crippen LogP) is 2.64. The molecular weight excluding hydrogens is 396 g/mol. The minimum absolute atomic E-state index is 0.143. The van der Waals surface area contributed by atoms with Gasteiger partial charge in [-0.1, -0.05) is 17.3 Å². The van der Waals surface area contributed by atoms with Crippen molar-refractivity contribution in [2.45, 2.75) is 13.0 Å². The van der Waals surface area contributed by atoms with Gasteiger partial charge in [0.2, 0.25) is 17.6 Å². The van der Waals surface area contributed by atoms with Crippen LogP contribution in [0.25, 0.3) is 11.4 Å². The molecule has 1 amide bonds. The van der Waals surface area contributed by atoms with Crippen LogP contribution in [0.5, 0.6) is 11.5 Å². The van der Waals surface area contributed by atoms with Crippen LogP contribution >= 0.6 is 0 Å². The van der Waals surface area contributed by atoms with E-state index < -0.39 is 0 Å². The van der Waals surface area contributed by atoms with E-state index in [1.807, 2.05) is 53.4 Å². The van der Waals surface area contributed by atoms with Crippen LogP contribution in [0.1, 0.15) is 11.5 Å². The first-order valence-corrected chi connectivity index (χ1v) is 10.2. The van der Waals surface area contributed by atoms with Gasteiger partial charge in [-0.3, -0.25) is 9.69 Å². The molecule has 4 rings (SSSR count). The molecule has 1 aromatic heterocycles. The molecular formula is C23H26N4O4. The van der Waals surface area contributed by atoms with Crippen molar-refractivity contribution >= 4 is 5.91 Å². The molecule has 2 aromatic carbocycles. The SMILES string of the molecule is COc1ccc(CC(=O)N2CCN(Cc3nc(-c4ccc(OC)cc4)no3)CC2)cc1. The van der Waals surface area contributed by atoms with Crippen molar-refractivity contribution in [2.24, 2.45) is 0 Å². The first-order chi connectivity index (χ1) is 15.1. The number of ether oxygens (including phenoxy) is 2. The molecule has 0 saturated carbocycles. The van der Waals surface area contributed by atoms with Crippen molar-refractivity contribution in [1.82, 2.24) is 19.9 Å². The molecule has 162 valence electrons. The van der Waals surface area contributed by atoms with Gasteiger partial charge in [-0.2, -0.15) is 4.98 Å². The molecule has 3 aromatic rings. The molecule has 0 unspecified atom stereocenters. The fourth-order valence-electron chi connectivity index (χ4n) is 3.55. The number of nitrogens with zero attached hydrogens (tertiary/aromatic N) is 4. The average molecular weight is 422 g/mol. The number of carbonyl (C=O) groups is 1. The first-order valence-electron chi connectivity index (χ1n) is 10.2. The summed E-state index contributed by atoms with van der Waals surface area (Å²) in [4.78, 5) is 21.3. The van der Waals surface area contributed by atoms with Crippen molar-refractivity contribution in [1.29, 1.82) is 0 Å². The van der Waals surface area contributed by atoms with Crippen molar-refractivity contribution in [3.63, 3.8) is 0 Å². The van der Waals surface area contributed by atoms with Gasteiger partial charge in [0.25, 0.3) is 0 Å². The van der Waals surface area contributed by atoms with Gasteiger partial charge in [0.1, 0.15) is 11.5 Å². The number of piperazine rings is 1. The lowest BCUT2D eigenvalue weighted by molar-refractivity contribution is -0.132. The van der Waals surface area contributed by atoms with Crippen molar-refractivity contribution in [3.05, 3.63) is 60.0 Å². The second kappa shape index (κ2) is 9.61. The summed E-state index contributed by atoms with van der Waals surface area (Å²) in [5.41, 5.74) is 1.87. The molecule has 8 nitrogen and oxygen atoms in total. The van der Waals surface area contributed by atoms with E-state index in [0.717, 1.165) is 35.7 Å². The molecule has 1 aliphatic heterocycles. The maximum Gasteiger partial charge on any atom is 0.241 e. The normalized spacial score (nSPS) is 14.5. The van der Waals surface area contributed by atoms with Gasteiger partial charge >= 0.3 is 0 Å². The van der Waals surface area contributed by atoms with Gasteiger partial charge in [0, 0.05) is 31.7 Å². The van der Waals surface area contributed by atoms with Crippen LogP contribution < -0.4 is 9.47 Å². The van der Waals surface area contributed by atoms with Gasteiger partial charge in [-0.25, -0.2) is 0 Å². The Kier molecular flexibility index (Phi) is 6.47. The predicted molar refractivity (Wildman–Crippen MR) is 115 cm³/mol. The Bertz CT molecular complexity index is 993. The van der Waals surface area contributed by atoms with Crippen molar-refractivity contribution < 1.29 is 18.8 Å². The standard InChI is InChI=1S/C23H26N4O4/c1-29-19-7-3-17(4-8-19)15-22(28)27-13-11-26(12-14-27)16-21-24-23(25-31-21)18-5-9-20(30-2)10-6-18/h3-10H,11-16H2,1-2H3. The van der Waals surface area contributed by atoms with Gasteiger partial charge in [-0.05, 0) is 42.0 Å². The number of benzene rings is 2. The summed E-state index contributed by atoms with van der Waals surface area (Å²) in [7, 11) is 3.27. The summed E-state index contributed by atoms with van der Waals surface area (Å²) in [6, 6.07) is 15.2. The Morgan fingerprint density at radius 2 is 1.55 bits per heavy atom. The van der Waals surface area contributed by atoms with E-state index in [2.05, 4.69) is 15.0 Å². The summed E-state index contributed by atoms with van der Waals surface area (Å²) in [6.07, 6.45) is 0.402. The van der Waals surface area contributed by atoms with E-state index in [1.54, 1.807) is 14.2 Å². The highest BCUT2D eigenvalue weighted by Crippen LogP contribution is 2.20. The number of hydrogen-bond donors (Lipinski definition) is 0. The van der Waals surface area contributed by atoms with Crippen LogP contribution in [0, 0.1) is 0 Å². The number of rotatable bonds is 7. The van der Waals surface area contributed by atoms with Crippen molar-refractivity contribution in [2.75, 3.05) is 40.4 Å². The van der Waals surface area contributed by atoms with Gasteiger partial charge < -0.3 is 18.9 Å². The molecule has 0 radical (unpaired) electrons. The van der Waals surface area contributed by atoms with Gasteiger partial charge in [0.15, 0.2) is 0 Å². The maximum atomic E-state index is 12.6. The van der Waals surface area contributed by atoms with E-state index in [1.165, 1.54) is 0 Å². The zero-order valence-corrected chi connectivity index (χ0v) is 17.8. The highest BCUT2D eigenvalue weighted by Gasteiger charge is 2.22. The average Bonchev–Trinajstić information content (AvgIpc) is 3.28. The zero-order chi connectivity index (χ0) is 21.6. The van der Waals surface area contributed by atoms with Crippen molar-refractivity contribution in [3.8, 4) is 22.9 Å².